The number of carbonyl (C=O) groups is 1. The van der Waals surface area contributed by atoms with Crippen molar-refractivity contribution in [2.45, 2.75) is 31.6 Å². The molecule has 2 aromatic rings. The van der Waals surface area contributed by atoms with Crippen LogP contribution in [0.5, 0.6) is 5.75 Å². The van der Waals surface area contributed by atoms with Crippen LogP contribution in [-0.4, -0.2) is 31.2 Å². The molecule has 0 aliphatic carbocycles. The maximum absolute atomic E-state index is 12.3. The summed E-state index contributed by atoms with van der Waals surface area (Å²) in [5.74, 6) is -0.146. The first kappa shape index (κ1) is 18.0. The minimum absolute atomic E-state index is 0.0102. The molecule has 0 saturated heterocycles. The van der Waals surface area contributed by atoms with E-state index in [0.717, 1.165) is 17.0 Å². The molecular weight excluding hydrogens is 330 g/mol. The van der Waals surface area contributed by atoms with E-state index in [1.165, 1.54) is 19.2 Å². The summed E-state index contributed by atoms with van der Waals surface area (Å²) in [6.07, 6.45) is 0.502. The molecule has 8 heteroatoms. The maximum Gasteiger partial charge on any atom is 0.264 e. The van der Waals surface area contributed by atoms with E-state index < -0.39 is 15.9 Å². The van der Waals surface area contributed by atoms with Crippen molar-refractivity contribution in [3.05, 3.63) is 41.2 Å². The van der Waals surface area contributed by atoms with Crippen LogP contribution in [0.15, 0.2) is 29.2 Å². The smallest absolute Gasteiger partial charge is 0.264 e. The van der Waals surface area contributed by atoms with E-state index in [1.54, 1.807) is 16.8 Å². The summed E-state index contributed by atoms with van der Waals surface area (Å²) in [5.41, 5.74) is 2.78. The van der Waals surface area contributed by atoms with E-state index in [9.17, 15) is 13.2 Å². The Balaban J connectivity index is 2.05. The Morgan fingerprint density at radius 1 is 1.33 bits per heavy atom. The van der Waals surface area contributed by atoms with Gasteiger partial charge in [-0.3, -0.25) is 9.48 Å². The molecule has 0 bridgehead atoms. The lowest BCUT2D eigenvalue weighted by Crippen LogP contribution is -2.30. The van der Waals surface area contributed by atoms with Crippen molar-refractivity contribution in [1.29, 1.82) is 0 Å². The van der Waals surface area contributed by atoms with Gasteiger partial charge in [-0.05, 0) is 38.0 Å². The summed E-state index contributed by atoms with van der Waals surface area (Å²) < 4.78 is 33.4. The summed E-state index contributed by atoms with van der Waals surface area (Å²) in [6.45, 7) is 3.79. The standard InChI is InChI=1S/C16H21N3O4S/c1-11-15(12(2)19(3)17-11)8-9-16(20)18-24(21,22)14-7-5-6-13(10-14)23-4/h5-7,10H,8-9H2,1-4H3,(H,18,20). The number of rotatable bonds is 6. The van der Waals surface area contributed by atoms with Crippen LogP contribution in [0.2, 0.25) is 0 Å². The lowest BCUT2D eigenvalue weighted by atomic mass is 10.1. The molecular formula is C16H21N3O4S. The molecule has 0 atom stereocenters. The first-order valence-electron chi connectivity index (χ1n) is 7.43. The molecule has 1 amide bonds. The highest BCUT2D eigenvalue weighted by molar-refractivity contribution is 7.90. The fraction of sp³-hybridized carbons (Fsp3) is 0.375. The van der Waals surface area contributed by atoms with Crippen LogP contribution in [0, 0.1) is 13.8 Å². The third kappa shape index (κ3) is 3.94. The highest BCUT2D eigenvalue weighted by Gasteiger charge is 2.19. The SMILES string of the molecule is COc1cccc(S(=O)(=O)NC(=O)CCc2c(C)nn(C)c2C)c1. The summed E-state index contributed by atoms with van der Waals surface area (Å²) >= 11 is 0. The minimum Gasteiger partial charge on any atom is -0.497 e. The van der Waals surface area contributed by atoms with Crippen LogP contribution in [0.25, 0.3) is 0 Å². The Labute approximate surface area is 141 Å². The molecule has 24 heavy (non-hydrogen) atoms. The summed E-state index contributed by atoms with van der Waals surface area (Å²) in [4.78, 5) is 12.0. The highest BCUT2D eigenvalue weighted by Crippen LogP contribution is 2.17. The Morgan fingerprint density at radius 3 is 2.62 bits per heavy atom. The Hall–Kier alpha value is -2.35. The van der Waals surface area contributed by atoms with Gasteiger partial charge >= 0.3 is 0 Å². The number of aromatic nitrogens is 2. The Kier molecular flexibility index (Phi) is 5.28. The molecule has 0 saturated carbocycles. The number of methoxy groups -OCH3 is 1. The minimum atomic E-state index is -3.91. The van der Waals surface area contributed by atoms with Crippen LogP contribution in [0.3, 0.4) is 0 Å². The summed E-state index contributed by atoms with van der Waals surface area (Å²) in [7, 11) is -0.632. The van der Waals surface area contributed by atoms with Crippen LogP contribution in [0.4, 0.5) is 0 Å². The van der Waals surface area contributed by atoms with Gasteiger partial charge in [0.05, 0.1) is 17.7 Å². The van der Waals surface area contributed by atoms with Gasteiger partial charge < -0.3 is 4.74 Å². The lowest BCUT2D eigenvalue weighted by Gasteiger charge is -2.08. The van der Waals surface area contributed by atoms with Crippen LogP contribution in [0.1, 0.15) is 23.4 Å². The first-order valence-corrected chi connectivity index (χ1v) is 8.91. The molecule has 0 unspecified atom stereocenters. The van der Waals surface area contributed by atoms with E-state index in [4.69, 9.17) is 4.74 Å². The number of amides is 1. The second kappa shape index (κ2) is 7.04. The van der Waals surface area contributed by atoms with Crippen molar-refractivity contribution in [2.24, 2.45) is 7.05 Å². The van der Waals surface area contributed by atoms with E-state index in [0.29, 0.717) is 12.2 Å². The summed E-state index contributed by atoms with van der Waals surface area (Å²) in [5, 5.41) is 4.28. The molecule has 0 spiro atoms. The number of carbonyl (C=O) groups excluding carboxylic acids is 1. The molecule has 2 rings (SSSR count). The van der Waals surface area contributed by atoms with E-state index in [1.807, 2.05) is 20.9 Å². The van der Waals surface area contributed by atoms with Crippen molar-refractivity contribution in [1.82, 2.24) is 14.5 Å². The monoisotopic (exact) mass is 351 g/mol. The van der Waals surface area contributed by atoms with E-state index >= 15 is 0 Å². The molecule has 0 radical (unpaired) electrons. The number of hydrogen-bond donors (Lipinski definition) is 1. The molecule has 1 N–H and O–H groups in total. The van der Waals surface area contributed by atoms with Gasteiger partial charge in [0.2, 0.25) is 5.91 Å². The molecule has 0 fully saturated rings. The Morgan fingerprint density at radius 2 is 2.04 bits per heavy atom. The van der Waals surface area contributed by atoms with Gasteiger partial charge in [-0.2, -0.15) is 5.10 Å². The fourth-order valence-corrected chi connectivity index (χ4v) is 3.49. The molecule has 130 valence electrons. The number of nitrogens with one attached hydrogen (secondary N) is 1. The molecule has 7 nitrogen and oxygen atoms in total. The van der Waals surface area contributed by atoms with Crippen LogP contribution >= 0.6 is 0 Å². The quantitative estimate of drug-likeness (QED) is 0.851. The van der Waals surface area contributed by atoms with Gasteiger partial charge in [0.25, 0.3) is 10.0 Å². The second-order valence-electron chi connectivity index (χ2n) is 5.48. The molecule has 1 aromatic heterocycles. The normalized spacial score (nSPS) is 11.3. The molecule has 0 aliphatic heterocycles. The first-order chi connectivity index (χ1) is 11.2. The molecule has 0 aliphatic rings. The lowest BCUT2D eigenvalue weighted by molar-refractivity contribution is -0.119. The summed E-state index contributed by atoms with van der Waals surface area (Å²) in [6, 6.07) is 5.97. The van der Waals surface area contributed by atoms with Crippen molar-refractivity contribution < 1.29 is 17.9 Å². The van der Waals surface area contributed by atoms with Gasteiger partial charge in [-0.15, -0.1) is 0 Å². The highest BCUT2D eigenvalue weighted by atomic mass is 32.2. The van der Waals surface area contributed by atoms with Gasteiger partial charge in [-0.1, -0.05) is 6.07 Å². The van der Waals surface area contributed by atoms with Crippen molar-refractivity contribution >= 4 is 15.9 Å². The predicted molar refractivity (Wildman–Crippen MR) is 89.3 cm³/mol. The number of hydrogen-bond acceptors (Lipinski definition) is 5. The van der Waals surface area contributed by atoms with Gasteiger partial charge in [0.1, 0.15) is 5.75 Å². The Bertz CT molecular complexity index is 856. The largest absolute Gasteiger partial charge is 0.497 e. The number of aryl methyl sites for hydroxylation is 2. The van der Waals surface area contributed by atoms with E-state index in [2.05, 4.69) is 9.82 Å². The van der Waals surface area contributed by atoms with Crippen LogP contribution in [-0.2, 0) is 28.3 Å². The average Bonchev–Trinajstić information content (AvgIpc) is 2.77. The third-order valence-corrected chi connectivity index (χ3v) is 5.23. The average molecular weight is 351 g/mol. The zero-order valence-electron chi connectivity index (χ0n) is 14.2. The van der Waals surface area contributed by atoms with Gasteiger partial charge in [0.15, 0.2) is 0 Å². The van der Waals surface area contributed by atoms with E-state index in [-0.39, 0.29) is 11.3 Å². The topological polar surface area (TPSA) is 90.3 Å². The third-order valence-electron chi connectivity index (χ3n) is 3.86. The second-order valence-corrected chi connectivity index (χ2v) is 7.16. The maximum atomic E-state index is 12.3. The predicted octanol–water partition coefficient (Wildman–Crippen LogP) is 1.48. The van der Waals surface area contributed by atoms with Crippen molar-refractivity contribution in [3.8, 4) is 5.75 Å². The van der Waals surface area contributed by atoms with Crippen molar-refractivity contribution in [2.75, 3.05) is 7.11 Å². The number of benzene rings is 1. The molecule has 1 aromatic carbocycles. The van der Waals surface area contributed by atoms with Gasteiger partial charge in [-0.25, -0.2) is 13.1 Å². The number of nitrogens with zero attached hydrogens (tertiary/aromatic N) is 2. The van der Waals surface area contributed by atoms with Gasteiger partial charge in [0, 0.05) is 25.2 Å². The number of sulfonamides is 1. The fourth-order valence-electron chi connectivity index (χ4n) is 2.45. The molecule has 1 heterocycles. The zero-order valence-corrected chi connectivity index (χ0v) is 15.0. The zero-order chi connectivity index (χ0) is 17.9. The number of ether oxygens (including phenoxy) is 1. The van der Waals surface area contributed by atoms with Crippen molar-refractivity contribution in [3.63, 3.8) is 0 Å². The van der Waals surface area contributed by atoms with Crippen LogP contribution < -0.4 is 9.46 Å².